The minimum absolute atomic E-state index is 0.192. The molecule has 1 fully saturated rings. The molecule has 0 spiro atoms. The van der Waals surface area contributed by atoms with Crippen LogP contribution in [0.1, 0.15) is 17.7 Å². The number of hydrogen-bond donors (Lipinski definition) is 1. The summed E-state index contributed by atoms with van der Waals surface area (Å²) in [6.07, 6.45) is 2.30. The lowest BCUT2D eigenvalue weighted by Gasteiger charge is -2.14. The van der Waals surface area contributed by atoms with Crippen molar-refractivity contribution in [1.82, 2.24) is 9.88 Å². The lowest BCUT2D eigenvalue weighted by atomic mass is 10.2. The predicted octanol–water partition coefficient (Wildman–Crippen LogP) is 0.520. The number of pyridine rings is 1. The maximum atomic E-state index is 9.37. The van der Waals surface area contributed by atoms with Crippen LogP contribution in [0, 0.1) is 11.3 Å². The minimum Gasteiger partial charge on any atom is -0.392 e. The number of nitriles is 1. The van der Waals surface area contributed by atoms with Gasteiger partial charge < -0.3 is 5.11 Å². The molecular formula is C11H13N3O. The van der Waals surface area contributed by atoms with Gasteiger partial charge in [-0.1, -0.05) is 0 Å². The highest BCUT2D eigenvalue weighted by molar-refractivity contribution is 5.25. The molecule has 2 rings (SSSR count). The van der Waals surface area contributed by atoms with Crippen LogP contribution in [0.2, 0.25) is 0 Å². The first-order valence-electron chi connectivity index (χ1n) is 5.03. The van der Waals surface area contributed by atoms with Gasteiger partial charge in [0.15, 0.2) is 0 Å². The van der Waals surface area contributed by atoms with Gasteiger partial charge in [0.1, 0.15) is 11.8 Å². The molecular weight excluding hydrogens is 190 g/mol. The average molecular weight is 203 g/mol. The number of nitrogens with zero attached hydrogens (tertiary/aromatic N) is 3. The molecule has 1 aliphatic rings. The SMILES string of the molecule is N#Cc1cc(CN2CCC(O)C2)ccn1. The van der Waals surface area contributed by atoms with Crippen molar-refractivity contribution in [2.45, 2.75) is 19.1 Å². The van der Waals surface area contributed by atoms with E-state index in [4.69, 9.17) is 5.26 Å². The zero-order valence-corrected chi connectivity index (χ0v) is 8.43. The molecule has 0 saturated carbocycles. The van der Waals surface area contributed by atoms with Gasteiger partial charge in [0.2, 0.25) is 0 Å². The Morgan fingerprint density at radius 1 is 1.67 bits per heavy atom. The van der Waals surface area contributed by atoms with Gasteiger partial charge in [-0.05, 0) is 24.1 Å². The fourth-order valence-electron chi connectivity index (χ4n) is 1.85. The Hall–Kier alpha value is -1.44. The van der Waals surface area contributed by atoms with E-state index in [1.54, 1.807) is 12.3 Å². The van der Waals surface area contributed by atoms with E-state index in [-0.39, 0.29) is 6.10 Å². The van der Waals surface area contributed by atoms with Crippen LogP contribution in [0.5, 0.6) is 0 Å². The summed E-state index contributed by atoms with van der Waals surface area (Å²) in [4.78, 5) is 6.10. The van der Waals surface area contributed by atoms with Crippen molar-refractivity contribution in [2.24, 2.45) is 0 Å². The Balaban J connectivity index is 2.02. The Kier molecular flexibility index (Phi) is 2.95. The first-order valence-corrected chi connectivity index (χ1v) is 5.03. The second-order valence-corrected chi connectivity index (χ2v) is 3.84. The highest BCUT2D eigenvalue weighted by atomic mass is 16.3. The molecule has 4 heteroatoms. The van der Waals surface area contributed by atoms with Gasteiger partial charge in [0.25, 0.3) is 0 Å². The summed E-state index contributed by atoms with van der Waals surface area (Å²) < 4.78 is 0. The predicted molar refractivity (Wildman–Crippen MR) is 54.9 cm³/mol. The maximum Gasteiger partial charge on any atom is 0.140 e. The lowest BCUT2D eigenvalue weighted by Crippen LogP contribution is -2.21. The van der Waals surface area contributed by atoms with Gasteiger partial charge in [0, 0.05) is 25.8 Å². The quantitative estimate of drug-likeness (QED) is 0.761. The van der Waals surface area contributed by atoms with Crippen LogP contribution in [0.25, 0.3) is 0 Å². The first kappa shape index (κ1) is 10.1. The Bertz CT molecular complexity index is 386. The van der Waals surface area contributed by atoms with E-state index in [0.717, 1.165) is 31.6 Å². The standard InChI is InChI=1S/C11H13N3O/c12-6-10-5-9(1-3-13-10)7-14-4-2-11(15)8-14/h1,3,5,11,15H,2,4,7-8H2. The van der Waals surface area contributed by atoms with Gasteiger partial charge in [-0.25, -0.2) is 4.98 Å². The monoisotopic (exact) mass is 203 g/mol. The molecule has 15 heavy (non-hydrogen) atoms. The van der Waals surface area contributed by atoms with E-state index in [1.807, 2.05) is 12.1 Å². The number of rotatable bonds is 2. The number of aliphatic hydroxyl groups excluding tert-OH is 1. The fraction of sp³-hybridized carbons (Fsp3) is 0.455. The molecule has 1 aromatic heterocycles. The largest absolute Gasteiger partial charge is 0.392 e. The summed E-state index contributed by atoms with van der Waals surface area (Å²) in [5.41, 5.74) is 1.53. The average Bonchev–Trinajstić information content (AvgIpc) is 2.64. The molecule has 1 atom stereocenters. The molecule has 1 aliphatic heterocycles. The molecule has 1 saturated heterocycles. The molecule has 0 aliphatic carbocycles. The molecule has 1 aromatic rings. The number of β-amino-alcohol motifs (C(OH)–C–C–N with tert-alkyl or cyclic N) is 1. The summed E-state index contributed by atoms with van der Waals surface area (Å²) in [6.45, 7) is 2.43. The third-order valence-corrected chi connectivity index (χ3v) is 2.59. The van der Waals surface area contributed by atoms with Crippen molar-refractivity contribution < 1.29 is 5.11 Å². The lowest BCUT2D eigenvalue weighted by molar-refractivity contribution is 0.175. The summed E-state index contributed by atoms with van der Waals surface area (Å²) in [7, 11) is 0. The zero-order chi connectivity index (χ0) is 10.7. The molecule has 0 amide bonds. The van der Waals surface area contributed by atoms with Gasteiger partial charge in [-0.15, -0.1) is 0 Å². The molecule has 1 N–H and O–H groups in total. The van der Waals surface area contributed by atoms with Crippen molar-refractivity contribution in [1.29, 1.82) is 5.26 Å². The van der Waals surface area contributed by atoms with Crippen LogP contribution < -0.4 is 0 Å². The third-order valence-electron chi connectivity index (χ3n) is 2.59. The van der Waals surface area contributed by atoms with E-state index in [9.17, 15) is 5.11 Å². The second kappa shape index (κ2) is 4.39. The minimum atomic E-state index is -0.192. The van der Waals surface area contributed by atoms with Crippen molar-refractivity contribution in [3.63, 3.8) is 0 Å². The summed E-state index contributed by atoms with van der Waals surface area (Å²) in [5.74, 6) is 0. The van der Waals surface area contributed by atoms with Gasteiger partial charge in [-0.3, -0.25) is 4.90 Å². The fourth-order valence-corrected chi connectivity index (χ4v) is 1.85. The number of likely N-dealkylation sites (tertiary alicyclic amines) is 1. The van der Waals surface area contributed by atoms with Gasteiger partial charge in [-0.2, -0.15) is 5.26 Å². The summed E-state index contributed by atoms with van der Waals surface area (Å²) >= 11 is 0. The van der Waals surface area contributed by atoms with Crippen LogP contribution in [0.15, 0.2) is 18.3 Å². The van der Waals surface area contributed by atoms with Crippen molar-refractivity contribution in [2.75, 3.05) is 13.1 Å². The zero-order valence-electron chi connectivity index (χ0n) is 8.43. The number of aromatic nitrogens is 1. The third kappa shape index (κ3) is 2.52. The van der Waals surface area contributed by atoms with Crippen LogP contribution in [0.4, 0.5) is 0 Å². The number of aliphatic hydroxyl groups is 1. The van der Waals surface area contributed by atoms with Crippen molar-refractivity contribution >= 4 is 0 Å². The van der Waals surface area contributed by atoms with Crippen molar-refractivity contribution in [3.05, 3.63) is 29.6 Å². The molecule has 0 aromatic carbocycles. The van der Waals surface area contributed by atoms with E-state index in [1.165, 1.54) is 0 Å². The smallest absolute Gasteiger partial charge is 0.140 e. The van der Waals surface area contributed by atoms with E-state index >= 15 is 0 Å². The normalized spacial score (nSPS) is 21.5. The summed E-state index contributed by atoms with van der Waals surface area (Å²) in [5, 5.41) is 18.1. The Morgan fingerprint density at radius 3 is 3.20 bits per heavy atom. The maximum absolute atomic E-state index is 9.37. The molecule has 4 nitrogen and oxygen atoms in total. The van der Waals surface area contributed by atoms with Gasteiger partial charge in [0.05, 0.1) is 6.10 Å². The van der Waals surface area contributed by atoms with Crippen LogP contribution >= 0.6 is 0 Å². The van der Waals surface area contributed by atoms with E-state index in [2.05, 4.69) is 9.88 Å². The molecule has 0 radical (unpaired) electrons. The first-order chi connectivity index (χ1) is 7.28. The topological polar surface area (TPSA) is 60.2 Å². The number of hydrogen-bond acceptors (Lipinski definition) is 4. The van der Waals surface area contributed by atoms with Crippen molar-refractivity contribution in [3.8, 4) is 6.07 Å². The Labute approximate surface area is 88.8 Å². The molecule has 1 unspecified atom stereocenters. The highest BCUT2D eigenvalue weighted by Gasteiger charge is 2.19. The van der Waals surface area contributed by atoms with Crippen LogP contribution in [-0.4, -0.2) is 34.2 Å². The molecule has 78 valence electrons. The van der Waals surface area contributed by atoms with E-state index < -0.39 is 0 Å². The summed E-state index contributed by atoms with van der Waals surface area (Å²) in [6, 6.07) is 5.73. The highest BCUT2D eigenvalue weighted by Crippen LogP contribution is 2.13. The second-order valence-electron chi connectivity index (χ2n) is 3.84. The van der Waals surface area contributed by atoms with Crippen LogP contribution in [-0.2, 0) is 6.54 Å². The van der Waals surface area contributed by atoms with Gasteiger partial charge >= 0.3 is 0 Å². The van der Waals surface area contributed by atoms with Crippen LogP contribution in [0.3, 0.4) is 0 Å². The van der Waals surface area contributed by atoms with E-state index in [0.29, 0.717) is 5.69 Å². The molecule has 2 heterocycles. The molecule has 0 bridgehead atoms. The Morgan fingerprint density at radius 2 is 2.53 bits per heavy atom.